The number of piperidine rings is 1. The standard InChI is InChI=1S/C25H31N3O4/c29-23-21(27-25(30)26-19-9-5-2-6-10-19)20-16-31-24(32-20)22(23)28-13-11-18(12-14-28)15-17-7-3-1-4-8-17/h1-10,18,20-24,29H,11-16H2,(H2,26,27,30). The molecule has 3 N–H and O–H groups in total. The Hall–Kier alpha value is -2.45. The van der Waals surface area contributed by atoms with Gasteiger partial charge in [0.1, 0.15) is 6.10 Å². The number of amides is 2. The van der Waals surface area contributed by atoms with Gasteiger partial charge in [-0.15, -0.1) is 0 Å². The van der Waals surface area contributed by atoms with Gasteiger partial charge in [-0.2, -0.15) is 0 Å². The summed E-state index contributed by atoms with van der Waals surface area (Å²) in [7, 11) is 0. The molecule has 0 spiro atoms. The zero-order chi connectivity index (χ0) is 21.9. The minimum Gasteiger partial charge on any atom is -0.389 e. The first kappa shape index (κ1) is 21.4. The lowest BCUT2D eigenvalue weighted by Gasteiger charge is -2.46. The van der Waals surface area contributed by atoms with Crippen molar-refractivity contribution in [1.29, 1.82) is 0 Å². The van der Waals surface area contributed by atoms with Gasteiger partial charge in [0.05, 0.1) is 24.8 Å². The van der Waals surface area contributed by atoms with Crippen LogP contribution in [0.15, 0.2) is 60.7 Å². The van der Waals surface area contributed by atoms with Gasteiger partial charge in [-0.25, -0.2) is 4.79 Å². The molecule has 2 bridgehead atoms. The number of carbonyl (C=O) groups is 1. The number of aliphatic hydroxyl groups excluding tert-OH is 1. The fraction of sp³-hybridized carbons (Fsp3) is 0.480. The minimum atomic E-state index is -0.756. The smallest absolute Gasteiger partial charge is 0.319 e. The number of urea groups is 1. The van der Waals surface area contributed by atoms with Gasteiger partial charge in [0.25, 0.3) is 0 Å². The summed E-state index contributed by atoms with van der Waals surface area (Å²) in [4.78, 5) is 14.8. The van der Waals surface area contributed by atoms with Gasteiger partial charge in [-0.1, -0.05) is 48.5 Å². The quantitative estimate of drug-likeness (QED) is 0.670. The fourth-order valence-electron chi connectivity index (χ4n) is 5.21. The Bertz CT molecular complexity index is 889. The summed E-state index contributed by atoms with van der Waals surface area (Å²) in [6.07, 6.45) is 1.68. The van der Waals surface area contributed by atoms with E-state index in [0.717, 1.165) is 32.4 Å². The summed E-state index contributed by atoms with van der Waals surface area (Å²) in [5, 5.41) is 17.0. The van der Waals surface area contributed by atoms with E-state index in [1.54, 1.807) is 0 Å². The molecule has 3 aliphatic rings. The maximum Gasteiger partial charge on any atom is 0.319 e. The molecule has 0 aliphatic carbocycles. The van der Waals surface area contributed by atoms with E-state index in [4.69, 9.17) is 9.47 Å². The minimum absolute atomic E-state index is 0.284. The first-order chi connectivity index (χ1) is 15.7. The van der Waals surface area contributed by atoms with E-state index in [9.17, 15) is 9.90 Å². The number of hydrogen-bond donors (Lipinski definition) is 3. The van der Waals surface area contributed by atoms with E-state index in [2.05, 4.69) is 45.9 Å². The molecule has 3 fully saturated rings. The lowest BCUT2D eigenvalue weighted by atomic mass is 9.87. The number of likely N-dealkylation sites (tertiary alicyclic amines) is 1. The van der Waals surface area contributed by atoms with Crippen LogP contribution in [0.3, 0.4) is 0 Å². The molecule has 2 amide bonds. The number of carbonyl (C=O) groups excluding carboxylic acids is 1. The SMILES string of the molecule is O=C(Nc1ccccc1)NC1C2COC(O2)C(N2CCC(Cc3ccccc3)CC2)C1O. The summed E-state index contributed by atoms with van der Waals surface area (Å²) in [6.45, 7) is 2.14. The number of ether oxygens (including phenoxy) is 2. The van der Waals surface area contributed by atoms with Gasteiger partial charge in [-0.3, -0.25) is 4.90 Å². The van der Waals surface area contributed by atoms with Gasteiger partial charge in [0, 0.05) is 5.69 Å². The molecule has 7 heteroatoms. The number of anilines is 1. The molecular weight excluding hydrogens is 406 g/mol. The van der Waals surface area contributed by atoms with Crippen LogP contribution in [-0.4, -0.2) is 66.3 Å². The fourth-order valence-corrected chi connectivity index (χ4v) is 5.21. The van der Waals surface area contributed by atoms with Crippen LogP contribution in [0.5, 0.6) is 0 Å². The van der Waals surface area contributed by atoms with Crippen LogP contribution in [0, 0.1) is 5.92 Å². The monoisotopic (exact) mass is 437 g/mol. The average molecular weight is 438 g/mol. The molecule has 3 aliphatic heterocycles. The van der Waals surface area contributed by atoms with Crippen molar-refractivity contribution in [3.8, 4) is 0 Å². The third-order valence-electron chi connectivity index (χ3n) is 6.90. The largest absolute Gasteiger partial charge is 0.389 e. The lowest BCUT2D eigenvalue weighted by molar-refractivity contribution is -0.184. The molecule has 7 nitrogen and oxygen atoms in total. The molecule has 3 saturated heterocycles. The van der Waals surface area contributed by atoms with Crippen LogP contribution in [0.2, 0.25) is 0 Å². The van der Waals surface area contributed by atoms with Crippen molar-refractivity contribution in [2.24, 2.45) is 5.92 Å². The third-order valence-corrected chi connectivity index (χ3v) is 6.90. The molecule has 3 heterocycles. The normalized spacial score (nSPS) is 30.7. The average Bonchev–Trinajstić information content (AvgIpc) is 3.24. The van der Waals surface area contributed by atoms with Crippen molar-refractivity contribution in [1.82, 2.24) is 10.2 Å². The Morgan fingerprint density at radius 1 is 1.03 bits per heavy atom. The number of nitrogens with one attached hydrogen (secondary N) is 2. The summed E-state index contributed by atoms with van der Waals surface area (Å²) in [5.74, 6) is 0.637. The summed E-state index contributed by atoms with van der Waals surface area (Å²) in [6, 6.07) is 18.7. The molecule has 170 valence electrons. The number of nitrogens with zero attached hydrogens (tertiary/aromatic N) is 1. The molecule has 5 rings (SSSR count). The molecule has 0 aromatic heterocycles. The van der Waals surface area contributed by atoms with Gasteiger partial charge in [0.2, 0.25) is 0 Å². The predicted octanol–water partition coefficient (Wildman–Crippen LogP) is 2.62. The molecule has 0 saturated carbocycles. The molecule has 32 heavy (non-hydrogen) atoms. The molecule has 2 aromatic carbocycles. The van der Waals surface area contributed by atoms with Crippen LogP contribution < -0.4 is 10.6 Å². The zero-order valence-corrected chi connectivity index (χ0v) is 18.1. The van der Waals surface area contributed by atoms with E-state index in [1.165, 1.54) is 5.56 Å². The number of hydrogen-bond acceptors (Lipinski definition) is 5. The summed E-state index contributed by atoms with van der Waals surface area (Å²) >= 11 is 0. The van der Waals surface area contributed by atoms with Crippen LogP contribution in [0.25, 0.3) is 0 Å². The highest BCUT2D eigenvalue weighted by molar-refractivity contribution is 5.89. The van der Waals surface area contributed by atoms with Crippen LogP contribution in [0.4, 0.5) is 10.5 Å². The van der Waals surface area contributed by atoms with Gasteiger partial charge in [-0.05, 0) is 56.0 Å². The number of rotatable bonds is 5. The van der Waals surface area contributed by atoms with Gasteiger partial charge >= 0.3 is 6.03 Å². The van der Waals surface area contributed by atoms with Gasteiger partial charge in [0.15, 0.2) is 6.29 Å². The Labute approximate surface area is 188 Å². The molecule has 5 unspecified atom stereocenters. The van der Waals surface area contributed by atoms with Crippen molar-refractivity contribution in [3.05, 3.63) is 66.2 Å². The highest BCUT2D eigenvalue weighted by Crippen LogP contribution is 2.34. The summed E-state index contributed by atoms with van der Waals surface area (Å²) < 4.78 is 11.9. The second-order valence-electron chi connectivity index (χ2n) is 9.02. The van der Waals surface area contributed by atoms with Crippen LogP contribution >= 0.6 is 0 Å². The Morgan fingerprint density at radius 3 is 2.44 bits per heavy atom. The Morgan fingerprint density at radius 2 is 1.72 bits per heavy atom. The van der Waals surface area contributed by atoms with Crippen molar-refractivity contribution < 1.29 is 19.4 Å². The molecule has 5 atom stereocenters. The van der Waals surface area contributed by atoms with Crippen molar-refractivity contribution in [3.63, 3.8) is 0 Å². The molecule has 2 aromatic rings. The molecule has 0 radical (unpaired) electrons. The second-order valence-corrected chi connectivity index (χ2v) is 9.02. The van der Waals surface area contributed by atoms with Crippen molar-refractivity contribution in [2.75, 3.05) is 25.0 Å². The Balaban J connectivity index is 1.19. The lowest BCUT2D eigenvalue weighted by Crippen LogP contribution is -2.66. The number of benzene rings is 2. The first-order valence-electron chi connectivity index (χ1n) is 11.5. The highest BCUT2D eigenvalue weighted by atomic mass is 16.7. The topological polar surface area (TPSA) is 83.1 Å². The maximum atomic E-state index is 12.6. The number of para-hydroxylation sites is 1. The zero-order valence-electron chi connectivity index (χ0n) is 18.1. The van der Waals surface area contributed by atoms with Crippen LogP contribution in [-0.2, 0) is 15.9 Å². The van der Waals surface area contributed by atoms with E-state index < -0.39 is 18.4 Å². The van der Waals surface area contributed by atoms with Crippen molar-refractivity contribution in [2.45, 2.75) is 49.8 Å². The van der Waals surface area contributed by atoms with Crippen molar-refractivity contribution >= 4 is 11.7 Å². The van der Waals surface area contributed by atoms with E-state index >= 15 is 0 Å². The highest BCUT2D eigenvalue weighted by Gasteiger charge is 2.52. The molecular formula is C25H31N3O4. The third kappa shape index (κ3) is 4.66. The maximum absolute atomic E-state index is 12.6. The number of aliphatic hydroxyl groups is 1. The second kappa shape index (κ2) is 9.58. The van der Waals surface area contributed by atoms with E-state index in [1.807, 2.05) is 30.3 Å². The first-order valence-corrected chi connectivity index (χ1v) is 11.5. The summed E-state index contributed by atoms with van der Waals surface area (Å²) in [5.41, 5.74) is 2.08. The van der Waals surface area contributed by atoms with Gasteiger partial charge < -0.3 is 25.2 Å². The Kier molecular flexibility index (Phi) is 6.41. The predicted molar refractivity (Wildman–Crippen MR) is 121 cm³/mol. The number of fused-ring (bicyclic) bond motifs is 2. The van der Waals surface area contributed by atoms with Crippen LogP contribution in [0.1, 0.15) is 18.4 Å². The van der Waals surface area contributed by atoms with E-state index in [0.29, 0.717) is 18.2 Å². The van der Waals surface area contributed by atoms with E-state index in [-0.39, 0.29) is 18.2 Å².